The van der Waals surface area contributed by atoms with Crippen LogP contribution in [0.25, 0.3) is 0 Å². The minimum Gasteiger partial charge on any atom is -0.392 e. The second kappa shape index (κ2) is 9.06. The van der Waals surface area contributed by atoms with Gasteiger partial charge >= 0.3 is 0 Å². The van der Waals surface area contributed by atoms with Gasteiger partial charge in [-0.3, -0.25) is 4.79 Å². The molecule has 1 aliphatic carbocycles. The number of benzene rings is 2. The van der Waals surface area contributed by atoms with Crippen molar-refractivity contribution in [3.8, 4) is 0 Å². The van der Waals surface area contributed by atoms with Crippen LogP contribution in [0.15, 0.2) is 42.5 Å². The summed E-state index contributed by atoms with van der Waals surface area (Å²) in [5, 5.41) is 9.34. The van der Waals surface area contributed by atoms with Crippen LogP contribution in [-0.4, -0.2) is 17.1 Å². The van der Waals surface area contributed by atoms with E-state index in [-0.39, 0.29) is 11.9 Å². The maximum absolute atomic E-state index is 12.2. The number of nitrogens with two attached hydrogens (primary N) is 1. The summed E-state index contributed by atoms with van der Waals surface area (Å²) < 4.78 is 12.2. The fraction of sp³-hybridized carbons (Fsp3) is 0.316. The molecular formula is C19H24FNO2. The first-order chi connectivity index (χ1) is 11.0. The lowest BCUT2D eigenvalue weighted by molar-refractivity contribution is 0.1000. The Bertz CT molecular complexity index is 638. The zero-order valence-corrected chi connectivity index (χ0v) is 13.8. The van der Waals surface area contributed by atoms with Gasteiger partial charge in [0.15, 0.2) is 0 Å². The van der Waals surface area contributed by atoms with Gasteiger partial charge in [0.05, 0.1) is 6.10 Å². The van der Waals surface area contributed by atoms with Crippen molar-refractivity contribution in [3.05, 3.63) is 70.5 Å². The maximum atomic E-state index is 12.2. The third kappa shape index (κ3) is 5.83. The molecule has 3 rings (SSSR count). The highest BCUT2D eigenvalue weighted by Crippen LogP contribution is 2.22. The largest absolute Gasteiger partial charge is 0.392 e. The van der Waals surface area contributed by atoms with Gasteiger partial charge in [-0.15, -0.1) is 0 Å². The number of amides is 1. The zero-order chi connectivity index (χ0) is 17.4. The summed E-state index contributed by atoms with van der Waals surface area (Å²) in [6, 6.07) is 11.5. The molecule has 2 aromatic rings. The number of aliphatic hydroxyl groups excluding tert-OH is 1. The van der Waals surface area contributed by atoms with Gasteiger partial charge in [-0.2, -0.15) is 0 Å². The van der Waals surface area contributed by atoms with Crippen LogP contribution in [0.1, 0.15) is 40.9 Å². The fourth-order valence-electron chi connectivity index (χ4n) is 2.34. The third-order valence-corrected chi connectivity index (χ3v) is 3.40. The van der Waals surface area contributed by atoms with E-state index in [0.717, 1.165) is 12.8 Å². The van der Waals surface area contributed by atoms with E-state index in [9.17, 15) is 14.3 Å². The summed E-state index contributed by atoms with van der Waals surface area (Å²) in [6.07, 6.45) is 1.55. The zero-order valence-electron chi connectivity index (χ0n) is 13.8. The standard InChI is InChI=1S/C10H12O.C7H6FNO.C2H6/c1-7-2-3-8-5-10(11)6-9(8)4-7;8-6-3-1-5(2-4-6)7(9)10;1-2/h2-4,10-11H,5-6H2,1H3;1-4H,(H2,9,10);1-2H3. The Kier molecular flexibility index (Phi) is 7.42. The fourth-order valence-corrected chi connectivity index (χ4v) is 2.34. The Balaban J connectivity index is 0.000000209. The molecule has 0 aromatic heterocycles. The number of aliphatic hydroxyl groups is 1. The van der Waals surface area contributed by atoms with Crippen molar-refractivity contribution in [2.24, 2.45) is 5.73 Å². The molecule has 1 unspecified atom stereocenters. The number of carbonyl (C=O) groups excluding carboxylic acids is 1. The van der Waals surface area contributed by atoms with Crippen LogP contribution in [0.3, 0.4) is 0 Å². The summed E-state index contributed by atoms with van der Waals surface area (Å²) in [5.41, 5.74) is 9.17. The maximum Gasteiger partial charge on any atom is 0.248 e. The normalized spacial score (nSPS) is 14.7. The SMILES string of the molecule is CC.Cc1ccc2c(c1)CC(O)C2.NC(=O)c1ccc(F)cc1. The smallest absolute Gasteiger partial charge is 0.248 e. The predicted molar refractivity (Wildman–Crippen MR) is 90.9 cm³/mol. The summed E-state index contributed by atoms with van der Waals surface area (Å²) >= 11 is 0. The Labute approximate surface area is 137 Å². The van der Waals surface area contributed by atoms with Gasteiger partial charge in [0.25, 0.3) is 0 Å². The predicted octanol–water partition coefficient (Wildman–Crippen LogP) is 3.41. The third-order valence-electron chi connectivity index (χ3n) is 3.40. The molecule has 1 atom stereocenters. The molecule has 124 valence electrons. The lowest BCUT2D eigenvalue weighted by atomic mass is 10.1. The second-order valence-corrected chi connectivity index (χ2v) is 5.21. The van der Waals surface area contributed by atoms with E-state index in [1.807, 2.05) is 13.8 Å². The van der Waals surface area contributed by atoms with E-state index in [0.29, 0.717) is 5.56 Å². The molecule has 0 bridgehead atoms. The Morgan fingerprint density at radius 3 is 2.22 bits per heavy atom. The molecule has 23 heavy (non-hydrogen) atoms. The summed E-state index contributed by atoms with van der Waals surface area (Å²) in [6.45, 7) is 6.09. The highest BCUT2D eigenvalue weighted by atomic mass is 19.1. The average molecular weight is 317 g/mol. The van der Waals surface area contributed by atoms with Crippen LogP contribution < -0.4 is 5.73 Å². The first-order valence-electron chi connectivity index (χ1n) is 7.77. The number of hydrogen-bond donors (Lipinski definition) is 2. The van der Waals surface area contributed by atoms with Gasteiger partial charge in [-0.1, -0.05) is 37.6 Å². The molecule has 0 aliphatic heterocycles. The molecule has 3 nitrogen and oxygen atoms in total. The molecule has 1 aliphatic rings. The first kappa shape index (κ1) is 18.8. The van der Waals surface area contributed by atoms with Crippen molar-refractivity contribution in [1.29, 1.82) is 0 Å². The van der Waals surface area contributed by atoms with Crippen molar-refractivity contribution in [1.82, 2.24) is 0 Å². The van der Waals surface area contributed by atoms with Crippen molar-refractivity contribution >= 4 is 5.91 Å². The summed E-state index contributed by atoms with van der Waals surface area (Å²) in [7, 11) is 0. The number of primary amides is 1. The monoisotopic (exact) mass is 317 g/mol. The number of hydrogen-bond acceptors (Lipinski definition) is 2. The topological polar surface area (TPSA) is 63.3 Å². The number of rotatable bonds is 1. The lowest BCUT2D eigenvalue weighted by Crippen LogP contribution is -2.10. The minimum absolute atomic E-state index is 0.133. The molecule has 3 N–H and O–H groups in total. The molecule has 0 spiro atoms. The number of fused-ring (bicyclic) bond motifs is 1. The van der Waals surface area contributed by atoms with Crippen LogP contribution in [0.2, 0.25) is 0 Å². The number of carbonyl (C=O) groups is 1. The van der Waals surface area contributed by atoms with Gasteiger partial charge in [0.1, 0.15) is 5.82 Å². The van der Waals surface area contributed by atoms with E-state index in [2.05, 4.69) is 25.1 Å². The van der Waals surface area contributed by atoms with Crippen LogP contribution in [0.4, 0.5) is 4.39 Å². The van der Waals surface area contributed by atoms with Gasteiger partial charge in [-0.25, -0.2) is 4.39 Å². The summed E-state index contributed by atoms with van der Waals surface area (Å²) in [4.78, 5) is 10.4. The Hall–Kier alpha value is -2.20. The van der Waals surface area contributed by atoms with Gasteiger partial charge < -0.3 is 10.8 Å². The van der Waals surface area contributed by atoms with Crippen LogP contribution in [0, 0.1) is 12.7 Å². The molecule has 0 saturated heterocycles. The first-order valence-corrected chi connectivity index (χ1v) is 7.77. The molecule has 1 amide bonds. The Morgan fingerprint density at radius 2 is 1.65 bits per heavy atom. The van der Waals surface area contributed by atoms with E-state index in [4.69, 9.17) is 5.73 Å². The highest BCUT2D eigenvalue weighted by molar-refractivity contribution is 5.92. The van der Waals surface area contributed by atoms with Crippen molar-refractivity contribution in [2.45, 2.75) is 39.7 Å². The van der Waals surface area contributed by atoms with Crippen molar-refractivity contribution in [2.75, 3.05) is 0 Å². The van der Waals surface area contributed by atoms with Crippen LogP contribution >= 0.6 is 0 Å². The molecule has 0 saturated carbocycles. The minimum atomic E-state index is -0.542. The average Bonchev–Trinajstić information content (AvgIpc) is 2.89. The second-order valence-electron chi connectivity index (χ2n) is 5.21. The lowest BCUT2D eigenvalue weighted by Gasteiger charge is -1.97. The Morgan fingerprint density at radius 1 is 1.09 bits per heavy atom. The molecule has 0 heterocycles. The van der Waals surface area contributed by atoms with Gasteiger partial charge in [0, 0.05) is 5.56 Å². The van der Waals surface area contributed by atoms with Crippen LogP contribution in [0.5, 0.6) is 0 Å². The van der Waals surface area contributed by atoms with E-state index in [1.165, 1.54) is 41.0 Å². The van der Waals surface area contributed by atoms with E-state index in [1.54, 1.807) is 0 Å². The summed E-state index contributed by atoms with van der Waals surface area (Å²) in [5.74, 6) is -0.912. The molecular weight excluding hydrogens is 293 g/mol. The number of aryl methyl sites for hydroxylation is 1. The van der Waals surface area contributed by atoms with Gasteiger partial charge in [0.2, 0.25) is 5.91 Å². The van der Waals surface area contributed by atoms with E-state index < -0.39 is 5.91 Å². The molecule has 4 heteroatoms. The molecule has 0 radical (unpaired) electrons. The van der Waals surface area contributed by atoms with Crippen molar-refractivity contribution in [3.63, 3.8) is 0 Å². The highest BCUT2D eigenvalue weighted by Gasteiger charge is 2.18. The molecule has 0 fully saturated rings. The molecule has 2 aromatic carbocycles. The van der Waals surface area contributed by atoms with Crippen LogP contribution in [-0.2, 0) is 12.8 Å². The number of halogens is 1. The quantitative estimate of drug-likeness (QED) is 0.846. The van der Waals surface area contributed by atoms with Crippen molar-refractivity contribution < 1.29 is 14.3 Å². The van der Waals surface area contributed by atoms with E-state index >= 15 is 0 Å². The van der Waals surface area contributed by atoms with Gasteiger partial charge in [-0.05, 0) is 55.2 Å².